The molecule has 1 N–H and O–H groups in total. The zero-order valence-corrected chi connectivity index (χ0v) is 16.0. The summed E-state index contributed by atoms with van der Waals surface area (Å²) in [6, 6.07) is 10.2. The second kappa shape index (κ2) is 8.02. The standard InChI is InChI=1S/C17H19BrN4OS/c1-22(7-8-23-2)11-12-5-6-19-16(9-12)21-17-20-14-4-3-13(18)10-15(14)24-17/h3-6,9-10H,7-8,11H2,1-2H3,(H,19,20,21). The van der Waals surface area contributed by atoms with Gasteiger partial charge in [-0.1, -0.05) is 27.3 Å². The highest BCUT2D eigenvalue weighted by atomic mass is 79.9. The third-order valence-corrected chi connectivity index (χ3v) is 4.97. The lowest BCUT2D eigenvalue weighted by Gasteiger charge is -2.16. The Morgan fingerprint density at radius 2 is 2.17 bits per heavy atom. The van der Waals surface area contributed by atoms with Crippen LogP contribution in [0.2, 0.25) is 0 Å². The maximum absolute atomic E-state index is 5.11. The number of likely N-dealkylation sites (N-methyl/N-ethyl adjacent to an activating group) is 1. The first-order valence-corrected chi connectivity index (χ1v) is 9.20. The molecule has 0 fully saturated rings. The Kier molecular flexibility index (Phi) is 5.78. The van der Waals surface area contributed by atoms with Crippen molar-refractivity contribution in [3.8, 4) is 0 Å². The predicted molar refractivity (Wildman–Crippen MR) is 103 cm³/mol. The van der Waals surface area contributed by atoms with Gasteiger partial charge in [0.15, 0.2) is 5.13 Å². The molecule has 0 radical (unpaired) electrons. The van der Waals surface area contributed by atoms with E-state index in [1.54, 1.807) is 18.4 Å². The van der Waals surface area contributed by atoms with Crippen molar-refractivity contribution in [1.82, 2.24) is 14.9 Å². The Bertz CT molecular complexity index is 823. The topological polar surface area (TPSA) is 50.3 Å². The van der Waals surface area contributed by atoms with Crippen LogP contribution in [0.15, 0.2) is 41.0 Å². The molecule has 0 spiro atoms. The average molecular weight is 407 g/mol. The molecule has 0 bridgehead atoms. The Morgan fingerprint density at radius 1 is 1.29 bits per heavy atom. The van der Waals surface area contributed by atoms with Crippen LogP contribution in [0.4, 0.5) is 10.9 Å². The van der Waals surface area contributed by atoms with Crippen LogP contribution in [0, 0.1) is 0 Å². The van der Waals surface area contributed by atoms with Crippen LogP contribution in [0.1, 0.15) is 5.56 Å². The first-order valence-electron chi connectivity index (χ1n) is 7.59. The molecule has 0 aliphatic heterocycles. The zero-order chi connectivity index (χ0) is 16.9. The van der Waals surface area contributed by atoms with E-state index in [0.29, 0.717) is 0 Å². The molecule has 0 saturated heterocycles. The van der Waals surface area contributed by atoms with E-state index >= 15 is 0 Å². The van der Waals surface area contributed by atoms with Crippen LogP contribution in [0.25, 0.3) is 10.2 Å². The van der Waals surface area contributed by atoms with Crippen LogP contribution in [-0.2, 0) is 11.3 Å². The summed E-state index contributed by atoms with van der Waals surface area (Å²) in [4.78, 5) is 11.2. The summed E-state index contributed by atoms with van der Waals surface area (Å²) in [6.45, 7) is 2.48. The van der Waals surface area contributed by atoms with Crippen LogP contribution in [0.5, 0.6) is 0 Å². The van der Waals surface area contributed by atoms with E-state index in [-0.39, 0.29) is 0 Å². The summed E-state index contributed by atoms with van der Waals surface area (Å²) >= 11 is 5.11. The number of hydrogen-bond donors (Lipinski definition) is 1. The van der Waals surface area contributed by atoms with Crippen molar-refractivity contribution in [2.45, 2.75) is 6.54 Å². The van der Waals surface area contributed by atoms with Crippen molar-refractivity contribution in [3.63, 3.8) is 0 Å². The number of fused-ring (bicyclic) bond motifs is 1. The average Bonchev–Trinajstić information content (AvgIpc) is 2.94. The fraction of sp³-hybridized carbons (Fsp3) is 0.294. The Balaban J connectivity index is 1.71. The number of nitrogens with zero attached hydrogens (tertiary/aromatic N) is 3. The van der Waals surface area contributed by atoms with Gasteiger partial charge in [0.05, 0.1) is 16.8 Å². The van der Waals surface area contributed by atoms with E-state index in [0.717, 1.165) is 45.3 Å². The molecule has 126 valence electrons. The monoisotopic (exact) mass is 406 g/mol. The smallest absolute Gasteiger partial charge is 0.189 e. The van der Waals surface area contributed by atoms with Gasteiger partial charge in [-0.3, -0.25) is 4.90 Å². The minimum absolute atomic E-state index is 0.730. The number of nitrogens with one attached hydrogen (secondary N) is 1. The molecule has 0 atom stereocenters. The summed E-state index contributed by atoms with van der Waals surface area (Å²) < 4.78 is 7.31. The number of halogens is 1. The third-order valence-electron chi connectivity index (χ3n) is 3.54. The molecule has 3 aromatic rings. The van der Waals surface area contributed by atoms with Gasteiger partial charge < -0.3 is 10.1 Å². The van der Waals surface area contributed by atoms with Crippen molar-refractivity contribution < 1.29 is 4.74 Å². The van der Waals surface area contributed by atoms with Gasteiger partial charge in [-0.2, -0.15) is 0 Å². The van der Waals surface area contributed by atoms with E-state index in [1.807, 2.05) is 24.4 Å². The lowest BCUT2D eigenvalue weighted by molar-refractivity contribution is 0.158. The highest BCUT2D eigenvalue weighted by molar-refractivity contribution is 9.10. The van der Waals surface area contributed by atoms with Crippen molar-refractivity contribution in [1.29, 1.82) is 0 Å². The van der Waals surface area contributed by atoms with Crippen LogP contribution < -0.4 is 5.32 Å². The maximum atomic E-state index is 5.11. The maximum Gasteiger partial charge on any atom is 0.189 e. The number of rotatable bonds is 7. The highest BCUT2D eigenvalue weighted by Gasteiger charge is 2.07. The van der Waals surface area contributed by atoms with Crippen LogP contribution in [-0.4, -0.2) is 42.2 Å². The zero-order valence-electron chi connectivity index (χ0n) is 13.6. The van der Waals surface area contributed by atoms with Gasteiger partial charge in [-0.15, -0.1) is 0 Å². The molecule has 24 heavy (non-hydrogen) atoms. The number of anilines is 2. The largest absolute Gasteiger partial charge is 0.383 e. The van der Waals surface area contributed by atoms with Gasteiger partial charge in [0.1, 0.15) is 5.82 Å². The highest BCUT2D eigenvalue weighted by Crippen LogP contribution is 2.30. The summed E-state index contributed by atoms with van der Waals surface area (Å²) in [6.07, 6.45) is 1.83. The fourth-order valence-corrected chi connectivity index (χ4v) is 3.76. The lowest BCUT2D eigenvalue weighted by Crippen LogP contribution is -2.22. The molecule has 2 heterocycles. The van der Waals surface area contributed by atoms with Crippen molar-refractivity contribution in [2.24, 2.45) is 0 Å². The minimum atomic E-state index is 0.730. The third kappa shape index (κ3) is 4.51. The first kappa shape index (κ1) is 17.3. The van der Waals surface area contributed by atoms with Crippen LogP contribution in [0.3, 0.4) is 0 Å². The Hall–Kier alpha value is -1.54. The predicted octanol–water partition coefficient (Wildman–Crippen LogP) is 4.28. The van der Waals surface area contributed by atoms with E-state index in [9.17, 15) is 0 Å². The quantitative estimate of drug-likeness (QED) is 0.634. The van der Waals surface area contributed by atoms with E-state index in [4.69, 9.17) is 4.74 Å². The van der Waals surface area contributed by atoms with E-state index in [1.165, 1.54) is 5.56 Å². The number of aromatic nitrogens is 2. The van der Waals surface area contributed by atoms with Gasteiger partial charge in [0.2, 0.25) is 0 Å². The summed E-state index contributed by atoms with van der Waals surface area (Å²) in [7, 11) is 3.80. The number of thiazole rings is 1. The van der Waals surface area contributed by atoms with Gasteiger partial charge in [0.25, 0.3) is 0 Å². The molecule has 7 heteroatoms. The molecule has 3 rings (SSSR count). The van der Waals surface area contributed by atoms with Gasteiger partial charge in [0, 0.05) is 30.9 Å². The minimum Gasteiger partial charge on any atom is -0.383 e. The van der Waals surface area contributed by atoms with Crippen molar-refractivity contribution >= 4 is 48.4 Å². The molecule has 0 aliphatic rings. The number of benzene rings is 1. The molecule has 0 amide bonds. The number of pyridine rings is 1. The SMILES string of the molecule is COCCN(C)Cc1ccnc(Nc2nc3ccc(Br)cc3s2)c1. The second-order valence-electron chi connectivity index (χ2n) is 5.54. The summed E-state index contributed by atoms with van der Waals surface area (Å²) in [5, 5.41) is 4.16. The molecular weight excluding hydrogens is 388 g/mol. The molecule has 1 aromatic carbocycles. The molecule has 0 saturated carbocycles. The van der Waals surface area contributed by atoms with Gasteiger partial charge in [-0.05, 0) is 42.9 Å². The molecule has 2 aromatic heterocycles. The molecule has 0 aliphatic carbocycles. The van der Waals surface area contributed by atoms with Crippen LogP contribution >= 0.6 is 27.3 Å². The first-order chi connectivity index (χ1) is 11.6. The summed E-state index contributed by atoms with van der Waals surface area (Å²) in [5.74, 6) is 0.811. The Labute approximate surface area is 153 Å². The summed E-state index contributed by atoms with van der Waals surface area (Å²) in [5.41, 5.74) is 2.19. The Morgan fingerprint density at radius 3 is 3.00 bits per heavy atom. The molecular formula is C17H19BrN4OS. The fourth-order valence-electron chi connectivity index (χ4n) is 2.34. The molecule has 0 unspecified atom stereocenters. The normalized spacial score (nSPS) is 11.3. The number of ether oxygens (including phenoxy) is 1. The van der Waals surface area contributed by atoms with Crippen molar-refractivity contribution in [2.75, 3.05) is 32.6 Å². The van der Waals surface area contributed by atoms with E-state index in [2.05, 4.69) is 55.3 Å². The molecule has 5 nitrogen and oxygen atoms in total. The lowest BCUT2D eigenvalue weighted by atomic mass is 10.2. The van der Waals surface area contributed by atoms with E-state index < -0.39 is 0 Å². The van der Waals surface area contributed by atoms with Gasteiger partial charge in [-0.25, -0.2) is 9.97 Å². The second-order valence-corrected chi connectivity index (χ2v) is 7.48. The number of methoxy groups -OCH3 is 1. The number of hydrogen-bond acceptors (Lipinski definition) is 6. The van der Waals surface area contributed by atoms with Gasteiger partial charge >= 0.3 is 0 Å². The van der Waals surface area contributed by atoms with Crippen molar-refractivity contribution in [3.05, 3.63) is 46.6 Å².